The fourth-order valence-corrected chi connectivity index (χ4v) is 1.51. The van der Waals surface area contributed by atoms with E-state index in [1.807, 2.05) is 0 Å². The number of hydrogen-bond donors (Lipinski definition) is 2. The molecule has 1 rings (SSSR count). The molecule has 0 unspecified atom stereocenters. The maximum Gasteiger partial charge on any atom is 0.184 e. The molecule has 0 saturated carbocycles. The second-order valence-corrected chi connectivity index (χ2v) is 4.12. The van der Waals surface area contributed by atoms with Crippen molar-refractivity contribution in [3.8, 4) is 0 Å². The van der Waals surface area contributed by atoms with Crippen LogP contribution in [0.4, 0.5) is 0 Å². The number of nitrogens with one attached hydrogen (secondary N) is 1. The van der Waals surface area contributed by atoms with E-state index in [0.717, 1.165) is 0 Å². The van der Waals surface area contributed by atoms with Gasteiger partial charge in [0.2, 0.25) is 0 Å². The Labute approximate surface area is 107 Å². The van der Waals surface area contributed by atoms with Crippen molar-refractivity contribution in [1.29, 1.82) is 0 Å². The first-order chi connectivity index (χ1) is 7.02. The van der Waals surface area contributed by atoms with Gasteiger partial charge in [0.05, 0.1) is 21.3 Å². The zero-order chi connectivity index (χ0) is 11.4. The number of hydrazone groups is 1. The summed E-state index contributed by atoms with van der Waals surface area (Å²) in [6.45, 7) is 0. The van der Waals surface area contributed by atoms with E-state index in [9.17, 15) is 0 Å². The molecule has 7 heteroatoms. The van der Waals surface area contributed by atoms with Crippen LogP contribution in [0.25, 0.3) is 0 Å². The van der Waals surface area contributed by atoms with E-state index in [4.69, 9.17) is 40.5 Å². The molecule has 0 aromatic heterocycles. The maximum absolute atomic E-state index is 5.91. The SMILES string of the molecule is NC(=S)N/N=C/c1c(Cl)ccc(Cl)c1Cl. The van der Waals surface area contributed by atoms with Crippen LogP contribution in [0.1, 0.15) is 5.56 Å². The lowest BCUT2D eigenvalue weighted by Gasteiger charge is -2.02. The van der Waals surface area contributed by atoms with E-state index in [1.54, 1.807) is 12.1 Å². The van der Waals surface area contributed by atoms with Gasteiger partial charge in [0.25, 0.3) is 0 Å². The van der Waals surface area contributed by atoms with Crippen molar-refractivity contribution in [1.82, 2.24) is 5.43 Å². The van der Waals surface area contributed by atoms with Crippen LogP contribution in [-0.4, -0.2) is 11.3 Å². The van der Waals surface area contributed by atoms with E-state index in [2.05, 4.69) is 22.7 Å². The van der Waals surface area contributed by atoms with Crippen LogP contribution in [0.3, 0.4) is 0 Å². The van der Waals surface area contributed by atoms with E-state index >= 15 is 0 Å². The van der Waals surface area contributed by atoms with Gasteiger partial charge in [-0.25, -0.2) is 0 Å². The fraction of sp³-hybridized carbons (Fsp3) is 0. The predicted molar refractivity (Wildman–Crippen MR) is 69.0 cm³/mol. The minimum Gasteiger partial charge on any atom is -0.375 e. The number of nitrogens with zero attached hydrogens (tertiary/aromatic N) is 1. The Balaban J connectivity index is 2.98. The molecule has 0 saturated heterocycles. The Bertz CT molecular complexity index is 420. The Kier molecular flexibility index (Phi) is 4.60. The quantitative estimate of drug-likeness (QED) is 0.379. The molecule has 0 aliphatic rings. The summed E-state index contributed by atoms with van der Waals surface area (Å²) >= 11 is 22.2. The van der Waals surface area contributed by atoms with Crippen LogP contribution in [0.2, 0.25) is 15.1 Å². The average Bonchev–Trinajstić information content (AvgIpc) is 2.17. The molecule has 80 valence electrons. The summed E-state index contributed by atoms with van der Waals surface area (Å²) < 4.78 is 0. The summed E-state index contributed by atoms with van der Waals surface area (Å²) in [4.78, 5) is 0. The predicted octanol–water partition coefficient (Wildman–Crippen LogP) is 2.81. The number of halogens is 3. The molecule has 0 amide bonds. The van der Waals surface area contributed by atoms with Crippen molar-refractivity contribution >= 4 is 58.3 Å². The van der Waals surface area contributed by atoms with Crippen LogP contribution < -0.4 is 11.2 Å². The van der Waals surface area contributed by atoms with Crippen molar-refractivity contribution in [3.05, 3.63) is 32.8 Å². The molecule has 0 radical (unpaired) electrons. The molecule has 0 fully saturated rings. The first-order valence-corrected chi connectivity index (χ1v) is 5.28. The molecule has 0 spiro atoms. The Hall–Kier alpha value is -0.550. The normalized spacial score (nSPS) is 10.6. The van der Waals surface area contributed by atoms with Crippen molar-refractivity contribution in [2.75, 3.05) is 0 Å². The molecule has 0 atom stereocenters. The van der Waals surface area contributed by atoms with Gasteiger partial charge in [0.1, 0.15) is 0 Å². The van der Waals surface area contributed by atoms with Crippen molar-refractivity contribution < 1.29 is 0 Å². The second-order valence-electron chi connectivity index (χ2n) is 2.49. The van der Waals surface area contributed by atoms with Crippen molar-refractivity contribution in [2.24, 2.45) is 10.8 Å². The molecule has 0 bridgehead atoms. The minimum atomic E-state index is 0.0560. The summed E-state index contributed by atoms with van der Waals surface area (Å²) in [5.74, 6) is 0. The third-order valence-corrected chi connectivity index (χ3v) is 2.69. The molecule has 3 N–H and O–H groups in total. The van der Waals surface area contributed by atoms with Gasteiger partial charge >= 0.3 is 0 Å². The highest BCUT2D eigenvalue weighted by Gasteiger charge is 2.06. The van der Waals surface area contributed by atoms with Crippen LogP contribution >= 0.6 is 47.0 Å². The molecule has 0 heterocycles. The van der Waals surface area contributed by atoms with Gasteiger partial charge in [-0.1, -0.05) is 34.8 Å². The standard InChI is InChI=1S/C8H6Cl3N3S/c9-5-1-2-6(10)7(11)4(5)3-13-14-8(12)15/h1-3H,(H3,12,14,15)/b13-3+. The Morgan fingerprint density at radius 2 is 1.93 bits per heavy atom. The van der Waals surface area contributed by atoms with Crippen molar-refractivity contribution in [2.45, 2.75) is 0 Å². The van der Waals surface area contributed by atoms with Crippen molar-refractivity contribution in [3.63, 3.8) is 0 Å². The monoisotopic (exact) mass is 281 g/mol. The summed E-state index contributed by atoms with van der Waals surface area (Å²) in [5, 5.41) is 4.97. The van der Waals surface area contributed by atoms with Gasteiger partial charge in [0.15, 0.2) is 5.11 Å². The molecular weight excluding hydrogens is 277 g/mol. The number of nitrogens with two attached hydrogens (primary N) is 1. The largest absolute Gasteiger partial charge is 0.375 e. The minimum absolute atomic E-state index is 0.0560. The highest BCUT2D eigenvalue weighted by atomic mass is 35.5. The van der Waals surface area contributed by atoms with E-state index in [1.165, 1.54) is 6.21 Å². The first-order valence-electron chi connectivity index (χ1n) is 3.74. The highest BCUT2D eigenvalue weighted by Crippen LogP contribution is 2.29. The Morgan fingerprint density at radius 3 is 2.53 bits per heavy atom. The maximum atomic E-state index is 5.91. The first kappa shape index (κ1) is 12.5. The van der Waals surface area contributed by atoms with Gasteiger partial charge in [-0.05, 0) is 24.4 Å². The molecule has 3 nitrogen and oxygen atoms in total. The topological polar surface area (TPSA) is 50.4 Å². The number of hydrogen-bond acceptors (Lipinski definition) is 2. The summed E-state index contributed by atoms with van der Waals surface area (Å²) in [6, 6.07) is 3.22. The molecule has 15 heavy (non-hydrogen) atoms. The molecule has 1 aromatic carbocycles. The lowest BCUT2D eigenvalue weighted by Crippen LogP contribution is -2.24. The zero-order valence-electron chi connectivity index (χ0n) is 7.30. The van der Waals surface area contributed by atoms with Gasteiger partial charge < -0.3 is 5.73 Å². The number of benzene rings is 1. The van der Waals surface area contributed by atoms with E-state index in [0.29, 0.717) is 20.6 Å². The second kappa shape index (κ2) is 5.51. The molecule has 0 aliphatic carbocycles. The van der Waals surface area contributed by atoms with E-state index < -0.39 is 0 Å². The van der Waals surface area contributed by atoms with Gasteiger partial charge in [-0.2, -0.15) is 5.10 Å². The third-order valence-electron chi connectivity index (χ3n) is 1.45. The Morgan fingerprint density at radius 1 is 1.33 bits per heavy atom. The molecule has 1 aromatic rings. The summed E-state index contributed by atoms with van der Waals surface area (Å²) in [5.41, 5.74) is 8.07. The van der Waals surface area contributed by atoms with Gasteiger partial charge in [-0.15, -0.1) is 0 Å². The number of rotatable bonds is 2. The lowest BCUT2D eigenvalue weighted by atomic mass is 10.2. The van der Waals surface area contributed by atoms with Gasteiger partial charge in [-0.3, -0.25) is 5.43 Å². The summed E-state index contributed by atoms with van der Waals surface area (Å²) in [7, 11) is 0. The summed E-state index contributed by atoms with van der Waals surface area (Å²) in [6.07, 6.45) is 1.40. The number of thiocarbonyl (C=S) groups is 1. The van der Waals surface area contributed by atoms with Crippen LogP contribution in [-0.2, 0) is 0 Å². The van der Waals surface area contributed by atoms with Crippen LogP contribution in [0.5, 0.6) is 0 Å². The van der Waals surface area contributed by atoms with Crippen LogP contribution in [0, 0.1) is 0 Å². The van der Waals surface area contributed by atoms with Gasteiger partial charge in [0, 0.05) is 5.56 Å². The van der Waals surface area contributed by atoms with E-state index in [-0.39, 0.29) is 5.11 Å². The average molecular weight is 283 g/mol. The zero-order valence-corrected chi connectivity index (χ0v) is 10.4. The molecule has 0 aliphatic heterocycles. The van der Waals surface area contributed by atoms with Crippen LogP contribution in [0.15, 0.2) is 17.2 Å². The smallest absolute Gasteiger partial charge is 0.184 e. The third kappa shape index (κ3) is 3.50. The fourth-order valence-electron chi connectivity index (χ4n) is 0.822. The molecular formula is C8H6Cl3N3S. The lowest BCUT2D eigenvalue weighted by molar-refractivity contribution is 1.04. The highest BCUT2D eigenvalue weighted by molar-refractivity contribution is 7.80.